The van der Waals surface area contributed by atoms with E-state index in [0.29, 0.717) is 0 Å². The highest BCUT2D eigenvalue weighted by atomic mass is 32.2. The summed E-state index contributed by atoms with van der Waals surface area (Å²) >= 11 is 0. The first-order chi connectivity index (χ1) is 9.87. The minimum atomic E-state index is -3.93. The normalized spacial score (nSPS) is 14.3. The van der Waals surface area contributed by atoms with Crippen molar-refractivity contribution in [2.24, 2.45) is 0 Å². The Morgan fingerprint density at radius 2 is 1.81 bits per heavy atom. The summed E-state index contributed by atoms with van der Waals surface area (Å²) in [6.07, 6.45) is 1.89. The number of nitrogens with one attached hydrogen (secondary N) is 3. The molecule has 0 heterocycles. The van der Waals surface area contributed by atoms with Crippen LogP contribution in [0, 0.1) is 6.92 Å². The molecule has 0 radical (unpaired) electrons. The number of hydrogen-bond acceptors (Lipinski definition) is 4. The monoisotopic (exact) mass is 311 g/mol. The Hall–Kier alpha value is -2.09. The molecule has 0 aliphatic heterocycles. The average Bonchev–Trinajstić information content (AvgIpc) is 3.20. The predicted octanol–water partition coefficient (Wildman–Crippen LogP) is 0.262. The van der Waals surface area contributed by atoms with Gasteiger partial charge in [0.1, 0.15) is 0 Å². The zero-order chi connectivity index (χ0) is 15.5. The molecule has 3 N–H and O–H groups in total. The molecule has 1 aromatic rings. The van der Waals surface area contributed by atoms with Crippen molar-refractivity contribution < 1.29 is 18.0 Å². The first-order valence-corrected chi connectivity index (χ1v) is 8.02. The summed E-state index contributed by atoms with van der Waals surface area (Å²) in [6.45, 7) is 1.57. The molecule has 0 atom stereocenters. The Labute approximate surface area is 123 Å². The second-order valence-electron chi connectivity index (χ2n) is 4.94. The van der Waals surface area contributed by atoms with Gasteiger partial charge in [-0.25, -0.2) is 17.9 Å². The lowest BCUT2D eigenvalue weighted by molar-refractivity contribution is -0.120. The SMILES string of the molecule is Cc1ccc(S(=O)(=O)NC(=O)NCC(=O)NC2CC2)cc1. The largest absolute Gasteiger partial charge is 0.352 e. The molecule has 7 nitrogen and oxygen atoms in total. The third-order valence-corrected chi connectivity index (χ3v) is 4.26. The van der Waals surface area contributed by atoms with Crippen LogP contribution in [0.25, 0.3) is 0 Å². The van der Waals surface area contributed by atoms with Crippen LogP contribution >= 0.6 is 0 Å². The van der Waals surface area contributed by atoms with E-state index >= 15 is 0 Å². The summed E-state index contributed by atoms with van der Waals surface area (Å²) in [4.78, 5) is 22.9. The van der Waals surface area contributed by atoms with Gasteiger partial charge < -0.3 is 10.6 Å². The number of sulfonamides is 1. The van der Waals surface area contributed by atoms with Gasteiger partial charge >= 0.3 is 6.03 Å². The van der Waals surface area contributed by atoms with Crippen molar-refractivity contribution in [3.63, 3.8) is 0 Å². The highest BCUT2D eigenvalue weighted by molar-refractivity contribution is 7.90. The summed E-state index contributed by atoms with van der Waals surface area (Å²) in [5.41, 5.74) is 0.912. The number of carbonyl (C=O) groups is 2. The summed E-state index contributed by atoms with van der Waals surface area (Å²) in [7, 11) is -3.93. The fourth-order valence-electron chi connectivity index (χ4n) is 1.60. The number of urea groups is 1. The van der Waals surface area contributed by atoms with E-state index < -0.39 is 16.1 Å². The number of aryl methyl sites for hydroxylation is 1. The molecule has 1 aromatic carbocycles. The Bertz CT molecular complexity index is 636. The molecule has 0 spiro atoms. The summed E-state index contributed by atoms with van der Waals surface area (Å²) < 4.78 is 25.7. The van der Waals surface area contributed by atoms with Crippen LogP contribution in [-0.2, 0) is 14.8 Å². The minimum Gasteiger partial charge on any atom is -0.352 e. The zero-order valence-corrected chi connectivity index (χ0v) is 12.4. The molecule has 1 fully saturated rings. The van der Waals surface area contributed by atoms with Crippen LogP contribution in [0.1, 0.15) is 18.4 Å². The molecule has 0 aromatic heterocycles. The molecule has 0 saturated heterocycles. The van der Waals surface area contributed by atoms with Crippen molar-refractivity contribution in [3.8, 4) is 0 Å². The van der Waals surface area contributed by atoms with Gasteiger partial charge in [0.15, 0.2) is 0 Å². The van der Waals surface area contributed by atoms with Crippen LogP contribution in [0.2, 0.25) is 0 Å². The van der Waals surface area contributed by atoms with E-state index in [-0.39, 0.29) is 23.4 Å². The molecule has 114 valence electrons. The van der Waals surface area contributed by atoms with Crippen molar-refractivity contribution in [3.05, 3.63) is 29.8 Å². The Kier molecular flexibility index (Phi) is 4.46. The van der Waals surface area contributed by atoms with Gasteiger partial charge in [-0.3, -0.25) is 4.79 Å². The van der Waals surface area contributed by atoms with Gasteiger partial charge in [0.2, 0.25) is 5.91 Å². The molecular formula is C13H17N3O4S. The number of benzene rings is 1. The Morgan fingerprint density at radius 1 is 1.19 bits per heavy atom. The van der Waals surface area contributed by atoms with Crippen LogP contribution in [0.4, 0.5) is 4.79 Å². The van der Waals surface area contributed by atoms with Crippen LogP contribution in [-0.4, -0.2) is 32.9 Å². The van der Waals surface area contributed by atoms with Crippen molar-refractivity contribution >= 4 is 22.0 Å². The Morgan fingerprint density at radius 3 is 2.38 bits per heavy atom. The van der Waals surface area contributed by atoms with Gasteiger partial charge in [-0.2, -0.15) is 0 Å². The molecule has 3 amide bonds. The van der Waals surface area contributed by atoms with Crippen LogP contribution in [0.5, 0.6) is 0 Å². The molecule has 8 heteroatoms. The third kappa shape index (κ3) is 4.75. The van der Waals surface area contributed by atoms with E-state index in [1.807, 2.05) is 11.6 Å². The topological polar surface area (TPSA) is 104 Å². The fraction of sp³-hybridized carbons (Fsp3) is 0.385. The maximum atomic E-state index is 11.9. The molecule has 0 unspecified atom stereocenters. The van der Waals surface area contributed by atoms with Gasteiger partial charge in [0, 0.05) is 6.04 Å². The third-order valence-electron chi connectivity index (χ3n) is 2.91. The average molecular weight is 311 g/mol. The highest BCUT2D eigenvalue weighted by Gasteiger charge is 2.23. The second kappa shape index (κ2) is 6.13. The van der Waals surface area contributed by atoms with Crippen molar-refractivity contribution in [2.75, 3.05) is 6.54 Å². The van der Waals surface area contributed by atoms with E-state index in [1.54, 1.807) is 12.1 Å². The lowest BCUT2D eigenvalue weighted by Gasteiger charge is -2.09. The standard InChI is InChI=1S/C13H17N3O4S/c1-9-2-6-11(7-3-9)21(19,20)16-13(18)14-8-12(17)15-10-4-5-10/h2-3,6-7,10H,4-5,8H2,1H3,(H,15,17)(H2,14,16,18). The van der Waals surface area contributed by atoms with Crippen molar-refractivity contribution in [1.29, 1.82) is 0 Å². The van der Waals surface area contributed by atoms with Gasteiger partial charge in [0.05, 0.1) is 11.4 Å². The summed E-state index contributed by atoms with van der Waals surface area (Å²) in [5, 5.41) is 4.89. The molecule has 0 bridgehead atoms. The lowest BCUT2D eigenvalue weighted by atomic mass is 10.2. The maximum absolute atomic E-state index is 11.9. The molecule has 1 aliphatic rings. The van der Waals surface area contributed by atoms with Gasteiger partial charge in [-0.1, -0.05) is 17.7 Å². The molecule has 21 heavy (non-hydrogen) atoms. The second-order valence-corrected chi connectivity index (χ2v) is 6.63. The number of carbonyl (C=O) groups excluding carboxylic acids is 2. The molecule has 2 rings (SSSR count). The van der Waals surface area contributed by atoms with E-state index in [4.69, 9.17) is 0 Å². The van der Waals surface area contributed by atoms with Crippen molar-refractivity contribution in [2.45, 2.75) is 30.7 Å². The number of hydrogen-bond donors (Lipinski definition) is 3. The maximum Gasteiger partial charge on any atom is 0.329 e. The molecule has 1 aliphatic carbocycles. The summed E-state index contributed by atoms with van der Waals surface area (Å²) in [5.74, 6) is -0.333. The smallest absolute Gasteiger partial charge is 0.329 e. The lowest BCUT2D eigenvalue weighted by Crippen LogP contribution is -2.44. The number of amides is 3. The van der Waals surface area contributed by atoms with Crippen LogP contribution < -0.4 is 15.4 Å². The van der Waals surface area contributed by atoms with E-state index in [9.17, 15) is 18.0 Å². The van der Waals surface area contributed by atoms with Crippen LogP contribution in [0.15, 0.2) is 29.2 Å². The van der Waals surface area contributed by atoms with Gasteiger partial charge in [-0.15, -0.1) is 0 Å². The van der Waals surface area contributed by atoms with Crippen molar-refractivity contribution in [1.82, 2.24) is 15.4 Å². The first kappa shape index (κ1) is 15.3. The fourth-order valence-corrected chi connectivity index (χ4v) is 2.53. The predicted molar refractivity (Wildman–Crippen MR) is 76.1 cm³/mol. The molecular weight excluding hydrogens is 294 g/mol. The number of rotatable bonds is 5. The summed E-state index contributed by atoms with van der Waals surface area (Å²) in [6, 6.07) is 5.35. The van der Waals surface area contributed by atoms with Gasteiger partial charge in [0.25, 0.3) is 10.0 Å². The van der Waals surface area contributed by atoms with Crippen LogP contribution in [0.3, 0.4) is 0 Å². The van der Waals surface area contributed by atoms with Gasteiger partial charge in [-0.05, 0) is 31.9 Å². The van der Waals surface area contributed by atoms with E-state index in [1.165, 1.54) is 12.1 Å². The Balaban J connectivity index is 1.85. The molecule has 1 saturated carbocycles. The first-order valence-electron chi connectivity index (χ1n) is 6.53. The highest BCUT2D eigenvalue weighted by Crippen LogP contribution is 2.18. The minimum absolute atomic E-state index is 0.00863. The van der Waals surface area contributed by atoms with E-state index in [2.05, 4.69) is 10.6 Å². The zero-order valence-electron chi connectivity index (χ0n) is 11.5. The quantitative estimate of drug-likeness (QED) is 0.725. The van der Waals surface area contributed by atoms with E-state index in [0.717, 1.165) is 18.4 Å².